The van der Waals surface area contributed by atoms with Gasteiger partial charge in [-0.1, -0.05) is 39.3 Å². The summed E-state index contributed by atoms with van der Waals surface area (Å²) in [5, 5.41) is 10.5. The molecule has 3 nitrogen and oxygen atoms in total. The van der Waals surface area contributed by atoms with Crippen LogP contribution in [-0.2, 0) is 4.74 Å². The van der Waals surface area contributed by atoms with E-state index in [0.29, 0.717) is 16.7 Å². The Kier molecular flexibility index (Phi) is 6.23. The third kappa shape index (κ3) is 3.25. The van der Waals surface area contributed by atoms with Gasteiger partial charge in [0.05, 0.1) is 6.10 Å². The molecule has 4 rings (SSSR count). The van der Waals surface area contributed by atoms with Crippen molar-refractivity contribution in [2.75, 3.05) is 19.7 Å². The van der Waals surface area contributed by atoms with E-state index in [-0.39, 0.29) is 11.8 Å². The van der Waals surface area contributed by atoms with E-state index in [4.69, 9.17) is 4.74 Å². The van der Waals surface area contributed by atoms with Gasteiger partial charge in [0.2, 0.25) is 0 Å². The summed E-state index contributed by atoms with van der Waals surface area (Å²) in [6.45, 7) is 16.8. The first-order valence-corrected chi connectivity index (χ1v) is 13.0. The molecule has 0 aliphatic heterocycles. The number of aliphatic hydroxyl groups excluding tert-OH is 1. The second kappa shape index (κ2) is 8.19. The molecular formula is C27H47NO2. The largest absolute Gasteiger partial charge is 0.393 e. The average molecular weight is 418 g/mol. The highest BCUT2D eigenvalue weighted by Crippen LogP contribution is 2.67. The summed E-state index contributed by atoms with van der Waals surface area (Å²) < 4.78 is 6.53. The number of allylic oxidation sites excluding steroid dienone is 1. The van der Waals surface area contributed by atoms with Crippen molar-refractivity contribution in [2.24, 2.45) is 34.5 Å². The predicted octanol–water partition coefficient (Wildman–Crippen LogP) is 6.02. The molecule has 30 heavy (non-hydrogen) atoms. The van der Waals surface area contributed by atoms with E-state index in [0.717, 1.165) is 50.3 Å². The number of fused-ring (bicyclic) bond motifs is 5. The standard InChI is InChI=1S/C27H47NO2/c1-7-28(8-2)27(30-9-3)17-16-25(5)20(18-27)10-11-21-23-13-12-22(19(4)29)26(23,6)15-14-24(21)25/h10,19,21-24,29H,7-9,11-18H2,1-6H3/t19?,21-,22+,23-,24-,25-,26+,27-/m0/s1. The summed E-state index contributed by atoms with van der Waals surface area (Å²) >= 11 is 0. The van der Waals surface area contributed by atoms with Crippen LogP contribution in [0.2, 0.25) is 0 Å². The maximum atomic E-state index is 10.5. The van der Waals surface area contributed by atoms with Gasteiger partial charge in [-0.3, -0.25) is 4.90 Å². The Morgan fingerprint density at radius 2 is 1.80 bits per heavy atom. The topological polar surface area (TPSA) is 32.7 Å². The van der Waals surface area contributed by atoms with Gasteiger partial charge in [0.1, 0.15) is 5.72 Å². The third-order valence-corrected chi connectivity index (χ3v) is 10.5. The van der Waals surface area contributed by atoms with E-state index in [9.17, 15) is 5.11 Å². The number of rotatable bonds is 6. The molecule has 1 unspecified atom stereocenters. The van der Waals surface area contributed by atoms with Gasteiger partial charge in [-0.25, -0.2) is 0 Å². The molecule has 4 aliphatic rings. The summed E-state index contributed by atoms with van der Waals surface area (Å²) in [6.07, 6.45) is 12.5. The first-order valence-electron chi connectivity index (χ1n) is 13.0. The number of aliphatic hydroxyl groups is 1. The molecule has 8 atom stereocenters. The first kappa shape index (κ1) is 22.8. The maximum Gasteiger partial charge on any atom is 0.125 e. The minimum absolute atomic E-state index is 0.0929. The van der Waals surface area contributed by atoms with Crippen LogP contribution in [0.1, 0.15) is 92.9 Å². The van der Waals surface area contributed by atoms with Crippen LogP contribution in [0.15, 0.2) is 11.6 Å². The van der Waals surface area contributed by atoms with Crippen LogP contribution in [0.4, 0.5) is 0 Å². The van der Waals surface area contributed by atoms with Crippen molar-refractivity contribution in [1.29, 1.82) is 0 Å². The van der Waals surface area contributed by atoms with Gasteiger partial charge in [0.15, 0.2) is 0 Å². The van der Waals surface area contributed by atoms with E-state index < -0.39 is 0 Å². The molecule has 0 amide bonds. The highest BCUT2D eigenvalue weighted by molar-refractivity contribution is 5.27. The van der Waals surface area contributed by atoms with Gasteiger partial charge in [0, 0.05) is 13.0 Å². The van der Waals surface area contributed by atoms with Crippen molar-refractivity contribution in [2.45, 2.75) is 105 Å². The van der Waals surface area contributed by atoms with Crippen LogP contribution in [0.3, 0.4) is 0 Å². The molecular weight excluding hydrogens is 370 g/mol. The molecule has 3 fully saturated rings. The Hall–Kier alpha value is -0.380. The first-order chi connectivity index (χ1) is 14.3. The normalized spacial score (nSPS) is 46.7. The zero-order valence-corrected chi connectivity index (χ0v) is 20.5. The van der Waals surface area contributed by atoms with E-state index in [1.165, 1.54) is 38.5 Å². The Labute approximate surface area is 185 Å². The molecule has 0 aromatic carbocycles. The van der Waals surface area contributed by atoms with Gasteiger partial charge >= 0.3 is 0 Å². The van der Waals surface area contributed by atoms with E-state index in [2.05, 4.69) is 45.6 Å². The van der Waals surface area contributed by atoms with E-state index in [1.807, 2.05) is 6.92 Å². The van der Waals surface area contributed by atoms with Gasteiger partial charge in [0.25, 0.3) is 0 Å². The van der Waals surface area contributed by atoms with E-state index in [1.54, 1.807) is 5.57 Å². The Morgan fingerprint density at radius 3 is 2.43 bits per heavy atom. The van der Waals surface area contributed by atoms with Gasteiger partial charge < -0.3 is 9.84 Å². The second-order valence-electron chi connectivity index (χ2n) is 11.5. The summed E-state index contributed by atoms with van der Waals surface area (Å²) in [4.78, 5) is 2.57. The van der Waals surface area contributed by atoms with Crippen LogP contribution in [0.5, 0.6) is 0 Å². The van der Waals surface area contributed by atoms with Gasteiger partial charge in [-0.05, 0) is 106 Å². The van der Waals surface area contributed by atoms with Gasteiger partial charge in [-0.2, -0.15) is 0 Å². The Bertz CT molecular complexity index is 655. The van der Waals surface area contributed by atoms with Crippen LogP contribution < -0.4 is 0 Å². The fourth-order valence-corrected chi connectivity index (χ4v) is 9.00. The molecule has 3 saturated carbocycles. The molecule has 3 heteroatoms. The quantitative estimate of drug-likeness (QED) is 0.424. The zero-order chi connectivity index (χ0) is 21.7. The van der Waals surface area contributed by atoms with Crippen LogP contribution in [0.25, 0.3) is 0 Å². The van der Waals surface area contributed by atoms with Crippen molar-refractivity contribution in [3.8, 4) is 0 Å². The lowest BCUT2D eigenvalue weighted by Gasteiger charge is -2.60. The predicted molar refractivity (Wildman–Crippen MR) is 124 cm³/mol. The smallest absolute Gasteiger partial charge is 0.125 e. The van der Waals surface area contributed by atoms with Crippen molar-refractivity contribution < 1.29 is 9.84 Å². The summed E-state index contributed by atoms with van der Waals surface area (Å²) in [7, 11) is 0. The lowest BCUT2D eigenvalue weighted by molar-refractivity contribution is -0.179. The van der Waals surface area contributed by atoms with Crippen LogP contribution in [0, 0.1) is 34.5 Å². The van der Waals surface area contributed by atoms with Gasteiger partial charge in [-0.15, -0.1) is 0 Å². The van der Waals surface area contributed by atoms with Crippen molar-refractivity contribution in [3.05, 3.63) is 11.6 Å². The maximum absolute atomic E-state index is 10.5. The molecule has 0 bridgehead atoms. The Morgan fingerprint density at radius 1 is 1.07 bits per heavy atom. The molecule has 0 heterocycles. The third-order valence-electron chi connectivity index (χ3n) is 10.5. The molecule has 172 valence electrons. The highest BCUT2D eigenvalue weighted by Gasteiger charge is 2.60. The molecule has 0 saturated heterocycles. The van der Waals surface area contributed by atoms with E-state index >= 15 is 0 Å². The minimum Gasteiger partial charge on any atom is -0.393 e. The average Bonchev–Trinajstić information content (AvgIpc) is 3.07. The number of nitrogens with zero attached hydrogens (tertiary/aromatic N) is 1. The number of ether oxygens (including phenoxy) is 1. The molecule has 1 N–H and O–H groups in total. The number of hydrogen-bond acceptors (Lipinski definition) is 3. The molecule has 0 radical (unpaired) electrons. The number of hydrogen-bond donors (Lipinski definition) is 1. The summed E-state index contributed by atoms with van der Waals surface area (Å²) in [6, 6.07) is 0. The van der Waals surface area contributed by atoms with Crippen LogP contribution >= 0.6 is 0 Å². The molecule has 0 spiro atoms. The van der Waals surface area contributed by atoms with Crippen molar-refractivity contribution in [3.63, 3.8) is 0 Å². The minimum atomic E-state index is -0.155. The fraction of sp³-hybridized carbons (Fsp3) is 0.926. The molecule has 4 aliphatic carbocycles. The second-order valence-corrected chi connectivity index (χ2v) is 11.5. The fourth-order valence-electron chi connectivity index (χ4n) is 9.00. The summed E-state index contributed by atoms with van der Waals surface area (Å²) in [5.41, 5.74) is 2.30. The molecule has 0 aromatic rings. The van der Waals surface area contributed by atoms with Crippen LogP contribution in [-0.4, -0.2) is 41.5 Å². The molecule has 0 aromatic heterocycles. The SMILES string of the molecule is CCO[C@@]1(N(CC)CC)CC[C@@]2(C)C(=CC[C@H]3[C@@H]4CC[C@H](C(C)O)[C@@]4(C)CC[C@@H]32)C1. The Balaban J connectivity index is 1.62. The van der Waals surface area contributed by atoms with Crippen molar-refractivity contribution >= 4 is 0 Å². The van der Waals surface area contributed by atoms with Crippen molar-refractivity contribution in [1.82, 2.24) is 4.90 Å². The highest BCUT2D eigenvalue weighted by atomic mass is 16.5. The lowest BCUT2D eigenvalue weighted by Crippen LogP contribution is -2.58. The lowest BCUT2D eigenvalue weighted by atomic mass is 9.47. The monoisotopic (exact) mass is 417 g/mol. The summed E-state index contributed by atoms with van der Waals surface area (Å²) in [5.74, 6) is 2.93. The zero-order valence-electron chi connectivity index (χ0n) is 20.5.